The summed E-state index contributed by atoms with van der Waals surface area (Å²) in [6.07, 6.45) is -5.00. The Morgan fingerprint density at radius 2 is 1.79 bits per heavy atom. The van der Waals surface area contributed by atoms with Crippen LogP contribution in [0, 0.1) is 0 Å². The number of carbonyl (C=O) groups is 2. The van der Waals surface area contributed by atoms with Gasteiger partial charge in [0.25, 0.3) is 11.8 Å². The summed E-state index contributed by atoms with van der Waals surface area (Å²) in [6, 6.07) is 7.70. The van der Waals surface area contributed by atoms with E-state index in [-0.39, 0.29) is 57.7 Å². The summed E-state index contributed by atoms with van der Waals surface area (Å²) in [6.45, 7) is 1.68. The summed E-state index contributed by atoms with van der Waals surface area (Å²) in [5, 5.41) is 1.15. The topological polar surface area (TPSA) is 93.7 Å². The van der Waals surface area contributed by atoms with Crippen LogP contribution < -0.4 is 19.1 Å². The molecular weight excluding hydrogens is 730 g/mol. The number of carbonyl (C=O) groups excluding carboxylic acids is 2. The average molecular weight is 769 g/mol. The van der Waals surface area contributed by atoms with E-state index in [1.165, 1.54) is 0 Å². The molecule has 2 saturated heterocycles. The minimum absolute atomic E-state index is 0.00969. The van der Waals surface area contributed by atoms with E-state index in [1.54, 1.807) is 24.2 Å². The number of ether oxygens (including phenoxy) is 4. The Labute approximate surface area is 305 Å². The molecule has 0 bridgehead atoms. The lowest BCUT2D eigenvalue weighted by molar-refractivity contribution is -0.159. The van der Waals surface area contributed by atoms with Crippen molar-refractivity contribution in [1.82, 2.24) is 14.8 Å². The molecule has 2 aromatic heterocycles. The van der Waals surface area contributed by atoms with Crippen LogP contribution >= 0.6 is 11.3 Å². The number of alkyl halides is 6. The van der Waals surface area contributed by atoms with Crippen molar-refractivity contribution in [1.29, 1.82) is 0 Å². The largest absolute Gasteiger partial charge is 0.489 e. The van der Waals surface area contributed by atoms with Crippen molar-refractivity contribution in [2.45, 2.75) is 49.7 Å². The Kier molecular flexibility index (Phi) is 11.4. The second-order valence-corrected chi connectivity index (χ2v) is 13.6. The van der Waals surface area contributed by atoms with E-state index in [9.17, 15) is 35.9 Å². The Hall–Kier alpha value is -4.51. The minimum Gasteiger partial charge on any atom is -0.489 e. The zero-order valence-corrected chi connectivity index (χ0v) is 29.6. The smallest absolute Gasteiger partial charge is 0.425 e. The number of thiophene rings is 1. The van der Waals surface area contributed by atoms with E-state index in [0.717, 1.165) is 28.2 Å². The molecule has 0 radical (unpaired) electrons. The van der Waals surface area contributed by atoms with Gasteiger partial charge in [0, 0.05) is 63.9 Å². The highest BCUT2D eigenvalue weighted by Gasteiger charge is 2.56. The molecule has 5 heterocycles. The predicted molar refractivity (Wildman–Crippen MR) is 182 cm³/mol. The van der Waals surface area contributed by atoms with Crippen molar-refractivity contribution >= 4 is 28.8 Å². The number of methoxy groups -OCH3 is 1. The van der Waals surface area contributed by atoms with Crippen LogP contribution in [0.3, 0.4) is 0 Å². The molecule has 0 spiro atoms. The summed E-state index contributed by atoms with van der Waals surface area (Å²) in [4.78, 5) is 37.1. The van der Waals surface area contributed by atoms with Crippen molar-refractivity contribution < 1.29 is 54.9 Å². The number of piperazine rings is 1. The van der Waals surface area contributed by atoms with Gasteiger partial charge in [-0.1, -0.05) is 24.3 Å². The maximum absolute atomic E-state index is 15.0. The van der Waals surface area contributed by atoms with Gasteiger partial charge in [-0.25, -0.2) is 4.98 Å². The standard InChI is InChI=1S/C36H38F6N4O6S/c1-49-20-21-50-27-9-5-4-8-26(27)44-15-17-45(18-16-44)33(48)34(52-24-22-29(53-23-24)36(40,41)42)12-7-14-46-28(34)10-3-2-6-19-51-31-30(32(46)47)25(11-13-43-31)35(37,38)39/h2-5,8-9,11,13,22-23,28H,6-7,10,12,14-21H2,1H3/b3-2-/t28-,34+/m1/s1. The third kappa shape index (κ3) is 8.20. The quantitative estimate of drug-likeness (QED) is 0.142. The first kappa shape index (κ1) is 38.2. The van der Waals surface area contributed by atoms with Crippen molar-refractivity contribution in [2.24, 2.45) is 0 Å². The molecule has 3 aromatic rings. The number of hydrogen-bond acceptors (Lipinski definition) is 9. The summed E-state index contributed by atoms with van der Waals surface area (Å²) in [5.74, 6) is -1.75. The molecule has 2 amide bonds. The zero-order valence-electron chi connectivity index (χ0n) is 28.8. The second-order valence-electron chi connectivity index (χ2n) is 12.7. The molecule has 17 heteroatoms. The van der Waals surface area contributed by atoms with Gasteiger partial charge in [0.15, 0.2) is 0 Å². The van der Waals surface area contributed by atoms with Crippen LogP contribution in [-0.2, 0) is 21.9 Å². The van der Waals surface area contributed by atoms with E-state index in [1.807, 2.05) is 29.2 Å². The number of benzene rings is 1. The Bertz CT molecular complexity index is 1790. The first-order chi connectivity index (χ1) is 25.3. The molecule has 10 nitrogen and oxygen atoms in total. The zero-order chi connectivity index (χ0) is 37.8. The highest BCUT2D eigenvalue weighted by atomic mass is 32.1. The Balaban J connectivity index is 1.37. The first-order valence-electron chi connectivity index (χ1n) is 17.1. The van der Waals surface area contributed by atoms with E-state index in [0.29, 0.717) is 49.5 Å². The van der Waals surface area contributed by atoms with Crippen LogP contribution in [0.5, 0.6) is 17.4 Å². The monoisotopic (exact) mass is 768 g/mol. The third-order valence-electron chi connectivity index (χ3n) is 9.44. The van der Waals surface area contributed by atoms with Gasteiger partial charge < -0.3 is 33.6 Å². The molecule has 0 unspecified atom stereocenters. The summed E-state index contributed by atoms with van der Waals surface area (Å²) >= 11 is 0.393. The fourth-order valence-electron chi connectivity index (χ4n) is 6.99. The number of para-hydroxylation sites is 2. The van der Waals surface area contributed by atoms with Crippen LogP contribution in [0.4, 0.5) is 32.0 Å². The minimum atomic E-state index is -4.95. The number of fused-ring (bicyclic) bond motifs is 2. The number of piperidine rings is 1. The number of nitrogens with zero attached hydrogens (tertiary/aromatic N) is 4. The van der Waals surface area contributed by atoms with Crippen molar-refractivity contribution in [3.63, 3.8) is 0 Å². The lowest BCUT2D eigenvalue weighted by Gasteiger charge is -2.50. The highest BCUT2D eigenvalue weighted by molar-refractivity contribution is 7.10. The van der Waals surface area contributed by atoms with Crippen LogP contribution in [0.25, 0.3) is 0 Å². The van der Waals surface area contributed by atoms with Gasteiger partial charge in [-0.05, 0) is 37.5 Å². The number of aromatic nitrogens is 1. The van der Waals surface area contributed by atoms with Crippen LogP contribution in [-0.4, -0.2) is 97.9 Å². The number of amides is 2. The maximum Gasteiger partial charge on any atom is 0.425 e. The third-order valence-corrected chi connectivity index (χ3v) is 10.4. The molecular formula is C36H38F6N4O6S. The fourth-order valence-corrected chi connectivity index (χ4v) is 7.67. The molecule has 2 atom stereocenters. The molecule has 6 rings (SSSR count). The van der Waals surface area contributed by atoms with Gasteiger partial charge in [0.05, 0.1) is 30.5 Å². The lowest BCUT2D eigenvalue weighted by atomic mass is 9.80. The van der Waals surface area contributed by atoms with Gasteiger partial charge >= 0.3 is 12.4 Å². The normalized spacial score (nSPS) is 21.9. The maximum atomic E-state index is 15.0. The molecule has 53 heavy (non-hydrogen) atoms. The van der Waals surface area contributed by atoms with E-state index in [4.69, 9.17) is 18.9 Å². The van der Waals surface area contributed by atoms with Gasteiger partial charge in [0.2, 0.25) is 11.5 Å². The molecule has 2 fully saturated rings. The Morgan fingerprint density at radius 1 is 1.02 bits per heavy atom. The summed E-state index contributed by atoms with van der Waals surface area (Å²) in [7, 11) is 1.57. The molecule has 3 aliphatic rings. The van der Waals surface area contributed by atoms with Crippen molar-refractivity contribution in [3.05, 3.63) is 76.1 Å². The van der Waals surface area contributed by atoms with Crippen molar-refractivity contribution in [3.8, 4) is 17.4 Å². The van der Waals surface area contributed by atoms with Crippen molar-refractivity contribution in [2.75, 3.05) is 64.6 Å². The number of pyridine rings is 1. The second kappa shape index (κ2) is 15.8. The summed E-state index contributed by atoms with van der Waals surface area (Å²) < 4.78 is 107. The average Bonchev–Trinajstić information content (AvgIpc) is 3.61. The van der Waals surface area contributed by atoms with Gasteiger partial charge in [0.1, 0.15) is 28.5 Å². The molecule has 0 N–H and O–H groups in total. The highest BCUT2D eigenvalue weighted by Crippen LogP contribution is 2.44. The lowest BCUT2D eigenvalue weighted by Crippen LogP contribution is -2.69. The molecule has 0 saturated carbocycles. The van der Waals surface area contributed by atoms with E-state index < -0.39 is 57.7 Å². The van der Waals surface area contributed by atoms with Crippen LogP contribution in [0.1, 0.15) is 46.5 Å². The first-order valence-corrected chi connectivity index (χ1v) is 18.0. The predicted octanol–water partition coefficient (Wildman–Crippen LogP) is 6.71. The molecule has 3 aliphatic heterocycles. The Morgan fingerprint density at radius 3 is 2.51 bits per heavy atom. The van der Waals surface area contributed by atoms with Crippen LogP contribution in [0.2, 0.25) is 0 Å². The molecule has 0 aliphatic carbocycles. The van der Waals surface area contributed by atoms with Gasteiger partial charge in [-0.15, -0.1) is 11.3 Å². The number of anilines is 1. The van der Waals surface area contributed by atoms with Gasteiger partial charge in [-0.3, -0.25) is 9.59 Å². The van der Waals surface area contributed by atoms with E-state index >= 15 is 0 Å². The van der Waals surface area contributed by atoms with E-state index in [2.05, 4.69) is 4.98 Å². The van der Waals surface area contributed by atoms with Gasteiger partial charge in [-0.2, -0.15) is 26.3 Å². The number of hydrogen-bond donors (Lipinski definition) is 0. The summed E-state index contributed by atoms with van der Waals surface area (Å²) in [5.41, 5.74) is -3.21. The number of rotatable bonds is 8. The van der Waals surface area contributed by atoms with Crippen LogP contribution in [0.15, 0.2) is 60.1 Å². The molecule has 1 aromatic carbocycles. The SMILES string of the molecule is COCCOc1ccccc1N1CCN(C(=O)[C@]2(Oc3csc(C(F)(F)F)c3)CCCN3C(=O)c4c(C(F)(F)F)ccnc4OCC/C=C\C[C@@H]32)CC1. The fraction of sp³-hybridized carbons (Fsp3) is 0.472. The number of halogens is 6. The molecule has 286 valence electrons.